The fraction of sp³-hybridized carbons (Fsp3) is 0.560. The minimum Gasteiger partial charge on any atom is -0.490 e. The van der Waals surface area contributed by atoms with Crippen LogP contribution < -0.4 is 9.64 Å². The van der Waals surface area contributed by atoms with E-state index in [0.717, 1.165) is 54.1 Å². The van der Waals surface area contributed by atoms with Crippen LogP contribution in [0.15, 0.2) is 24.5 Å². The predicted octanol–water partition coefficient (Wildman–Crippen LogP) is 3.75. The molecule has 0 aliphatic carbocycles. The molecule has 33 heavy (non-hydrogen) atoms. The quantitative estimate of drug-likeness (QED) is 0.510. The van der Waals surface area contributed by atoms with Gasteiger partial charge in [-0.3, -0.25) is 14.8 Å². The maximum atomic E-state index is 11.6. The van der Waals surface area contributed by atoms with Crippen LogP contribution in [0.5, 0.6) is 5.75 Å². The molecular weight excluding hydrogens is 422 g/mol. The topological polar surface area (TPSA) is 94.0 Å². The molecule has 2 aromatic rings. The summed E-state index contributed by atoms with van der Waals surface area (Å²) in [5.41, 5.74) is 4.33. The molecule has 0 saturated carbocycles. The van der Waals surface area contributed by atoms with E-state index in [9.17, 15) is 9.90 Å². The molecule has 3 heterocycles. The third-order valence-corrected chi connectivity index (χ3v) is 6.07. The minimum absolute atomic E-state index is 0.0633. The molecule has 1 aliphatic heterocycles. The zero-order valence-corrected chi connectivity index (χ0v) is 20.1. The first-order valence-electron chi connectivity index (χ1n) is 11.4. The summed E-state index contributed by atoms with van der Waals surface area (Å²) in [5, 5.41) is 9.55. The summed E-state index contributed by atoms with van der Waals surface area (Å²) < 4.78 is 16.1. The van der Waals surface area contributed by atoms with E-state index in [-0.39, 0.29) is 11.8 Å². The lowest BCUT2D eigenvalue weighted by Gasteiger charge is -2.40. The van der Waals surface area contributed by atoms with Gasteiger partial charge in [0.05, 0.1) is 43.8 Å². The molecule has 8 nitrogen and oxygen atoms in total. The van der Waals surface area contributed by atoms with Crippen molar-refractivity contribution in [1.82, 2.24) is 9.97 Å². The van der Waals surface area contributed by atoms with Crippen LogP contribution in [0.2, 0.25) is 0 Å². The van der Waals surface area contributed by atoms with Gasteiger partial charge in [-0.1, -0.05) is 13.8 Å². The molecule has 1 aliphatic rings. The van der Waals surface area contributed by atoms with Crippen molar-refractivity contribution in [3.63, 3.8) is 0 Å². The maximum absolute atomic E-state index is 11.6. The monoisotopic (exact) mass is 457 g/mol. The van der Waals surface area contributed by atoms with E-state index in [1.54, 1.807) is 13.3 Å². The molecule has 0 atom stereocenters. The Kier molecular flexibility index (Phi) is 8.63. The Morgan fingerprint density at radius 1 is 1.09 bits per heavy atom. The van der Waals surface area contributed by atoms with Crippen LogP contribution in [0.3, 0.4) is 0 Å². The Hall–Kier alpha value is -2.71. The second kappa shape index (κ2) is 11.4. The highest BCUT2D eigenvalue weighted by Crippen LogP contribution is 2.39. The number of carboxylic acids is 1. The smallest absolute Gasteiger partial charge is 0.307 e. The van der Waals surface area contributed by atoms with Crippen LogP contribution in [0.1, 0.15) is 37.9 Å². The molecule has 1 fully saturated rings. The lowest BCUT2D eigenvalue weighted by atomic mass is 9.82. The van der Waals surface area contributed by atoms with Crippen molar-refractivity contribution >= 4 is 11.7 Å². The Morgan fingerprint density at radius 2 is 1.82 bits per heavy atom. The number of pyridine rings is 2. The average Bonchev–Trinajstić information content (AvgIpc) is 2.78. The molecule has 3 rings (SSSR count). The number of piperidine rings is 1. The summed E-state index contributed by atoms with van der Waals surface area (Å²) in [6, 6.07) is 3.77. The van der Waals surface area contributed by atoms with Crippen molar-refractivity contribution in [2.75, 3.05) is 51.5 Å². The van der Waals surface area contributed by atoms with E-state index in [4.69, 9.17) is 14.2 Å². The number of carboxylic acid groups (broad SMARTS) is 1. The predicted molar refractivity (Wildman–Crippen MR) is 127 cm³/mol. The molecule has 1 N–H and O–H groups in total. The number of aromatic nitrogens is 2. The van der Waals surface area contributed by atoms with Crippen LogP contribution in [-0.2, 0) is 20.7 Å². The standard InChI is InChI=1S/C25H35N3O5/c1-18-20(15-23(29)30)24(28-9-7-25(2,3)8-10-28)21(17-26-18)22-6-5-19(16-27-22)33-14-13-32-12-11-31-4/h5-6,16-17H,7-15H2,1-4H3,(H,29,30). The summed E-state index contributed by atoms with van der Waals surface area (Å²) >= 11 is 0. The van der Waals surface area contributed by atoms with Gasteiger partial charge >= 0.3 is 5.97 Å². The first-order chi connectivity index (χ1) is 15.8. The van der Waals surface area contributed by atoms with Crippen molar-refractivity contribution in [3.8, 4) is 17.0 Å². The second-order valence-corrected chi connectivity index (χ2v) is 9.14. The normalized spacial score (nSPS) is 15.5. The molecule has 0 bridgehead atoms. The van der Waals surface area contributed by atoms with Gasteiger partial charge in [-0.25, -0.2) is 0 Å². The van der Waals surface area contributed by atoms with E-state index in [1.165, 1.54) is 0 Å². The summed E-state index contributed by atoms with van der Waals surface area (Å²) in [4.78, 5) is 23.1. The molecule has 0 aromatic carbocycles. The van der Waals surface area contributed by atoms with Gasteiger partial charge in [0.25, 0.3) is 0 Å². The van der Waals surface area contributed by atoms with Crippen molar-refractivity contribution in [2.45, 2.75) is 40.0 Å². The van der Waals surface area contributed by atoms with Gasteiger partial charge in [-0.15, -0.1) is 0 Å². The largest absolute Gasteiger partial charge is 0.490 e. The number of hydrogen-bond donors (Lipinski definition) is 1. The molecular formula is C25H35N3O5. The molecule has 0 radical (unpaired) electrons. The van der Waals surface area contributed by atoms with Crippen molar-refractivity contribution in [1.29, 1.82) is 0 Å². The highest BCUT2D eigenvalue weighted by atomic mass is 16.5. The fourth-order valence-electron chi connectivity index (χ4n) is 3.97. The van der Waals surface area contributed by atoms with Gasteiger partial charge in [-0.05, 0) is 37.3 Å². The van der Waals surface area contributed by atoms with Crippen molar-refractivity contribution < 1.29 is 24.1 Å². The minimum atomic E-state index is -0.861. The molecule has 180 valence electrons. The number of anilines is 1. The van der Waals surface area contributed by atoms with E-state index in [2.05, 4.69) is 28.7 Å². The van der Waals surface area contributed by atoms with E-state index < -0.39 is 5.97 Å². The highest BCUT2D eigenvalue weighted by molar-refractivity contribution is 5.83. The second-order valence-electron chi connectivity index (χ2n) is 9.14. The molecule has 0 unspecified atom stereocenters. The number of aryl methyl sites for hydroxylation is 1. The zero-order valence-electron chi connectivity index (χ0n) is 20.1. The van der Waals surface area contributed by atoms with Crippen LogP contribution in [-0.4, -0.2) is 67.7 Å². The van der Waals surface area contributed by atoms with Crippen LogP contribution in [0.25, 0.3) is 11.3 Å². The lowest BCUT2D eigenvalue weighted by Crippen LogP contribution is -2.38. The van der Waals surface area contributed by atoms with E-state index in [0.29, 0.717) is 32.2 Å². The van der Waals surface area contributed by atoms with Gasteiger partial charge in [-0.2, -0.15) is 0 Å². The van der Waals surface area contributed by atoms with Crippen LogP contribution in [0, 0.1) is 12.3 Å². The summed E-state index contributed by atoms with van der Waals surface area (Å²) in [6.07, 6.45) is 5.53. The molecule has 0 amide bonds. The summed E-state index contributed by atoms with van der Waals surface area (Å²) in [6.45, 7) is 10.2. The van der Waals surface area contributed by atoms with Crippen LogP contribution >= 0.6 is 0 Å². The number of aliphatic carboxylic acids is 1. The number of carbonyl (C=O) groups is 1. The third kappa shape index (κ3) is 6.88. The van der Waals surface area contributed by atoms with Crippen LogP contribution in [0.4, 0.5) is 5.69 Å². The third-order valence-electron chi connectivity index (χ3n) is 6.07. The number of methoxy groups -OCH3 is 1. The average molecular weight is 458 g/mol. The number of nitrogens with zero attached hydrogens (tertiary/aromatic N) is 3. The Bertz CT molecular complexity index is 920. The summed E-state index contributed by atoms with van der Waals surface area (Å²) in [7, 11) is 1.64. The van der Waals surface area contributed by atoms with Gasteiger partial charge in [0.15, 0.2) is 0 Å². The van der Waals surface area contributed by atoms with Crippen molar-refractivity contribution in [3.05, 3.63) is 35.8 Å². The van der Waals surface area contributed by atoms with E-state index >= 15 is 0 Å². The van der Waals surface area contributed by atoms with Gasteiger partial charge in [0.1, 0.15) is 12.4 Å². The molecule has 2 aromatic heterocycles. The van der Waals surface area contributed by atoms with E-state index in [1.807, 2.05) is 25.3 Å². The first kappa shape index (κ1) is 24.9. The van der Waals surface area contributed by atoms with Gasteiger partial charge < -0.3 is 24.2 Å². The zero-order chi connectivity index (χ0) is 23.8. The van der Waals surface area contributed by atoms with Gasteiger partial charge in [0.2, 0.25) is 0 Å². The molecule has 8 heteroatoms. The first-order valence-corrected chi connectivity index (χ1v) is 11.4. The van der Waals surface area contributed by atoms with Crippen molar-refractivity contribution in [2.24, 2.45) is 5.41 Å². The Balaban J connectivity index is 1.82. The SMILES string of the molecule is COCCOCCOc1ccc(-c2cnc(C)c(CC(=O)O)c2N2CCC(C)(C)CC2)nc1. The number of rotatable bonds is 11. The number of hydrogen-bond acceptors (Lipinski definition) is 7. The fourth-order valence-corrected chi connectivity index (χ4v) is 3.97. The summed E-state index contributed by atoms with van der Waals surface area (Å²) in [5.74, 6) is -0.207. The molecule has 0 spiro atoms. The Morgan fingerprint density at radius 3 is 2.45 bits per heavy atom. The van der Waals surface area contributed by atoms with Gasteiger partial charge in [0, 0.05) is 43.2 Å². The Labute approximate surface area is 195 Å². The lowest BCUT2D eigenvalue weighted by molar-refractivity contribution is -0.136. The number of ether oxygens (including phenoxy) is 3. The highest BCUT2D eigenvalue weighted by Gasteiger charge is 2.29. The maximum Gasteiger partial charge on any atom is 0.307 e. The molecule has 1 saturated heterocycles.